The van der Waals surface area contributed by atoms with Gasteiger partial charge in [-0.3, -0.25) is 0 Å². The zero-order valence-electron chi connectivity index (χ0n) is 13.9. The van der Waals surface area contributed by atoms with Crippen molar-refractivity contribution in [3.63, 3.8) is 0 Å². The molecule has 0 fully saturated rings. The Balaban J connectivity index is 1.66. The molecule has 0 heterocycles. The topological polar surface area (TPSA) is 83.5 Å². The first kappa shape index (κ1) is 18.6. The van der Waals surface area contributed by atoms with Gasteiger partial charge in [-0.25, -0.2) is 17.9 Å². The second-order valence-electron chi connectivity index (χ2n) is 6.35. The molecule has 0 spiro atoms. The van der Waals surface area contributed by atoms with E-state index in [4.69, 9.17) is 16.7 Å². The van der Waals surface area contributed by atoms with E-state index in [0.717, 1.165) is 17.5 Å². The standard InChI is InChI=1S/C19H18ClNO4S/c1-12(19(22)23)14-2-3-15-8-13(9-16(15)10-14)11-21-26(24,25)18-6-4-17(20)5-7-18/h2-7,10,13,21H,1,8-9,11H2,(H,22,23). The number of halogens is 1. The number of carboxylic acids is 1. The summed E-state index contributed by atoms with van der Waals surface area (Å²) in [6, 6.07) is 11.5. The van der Waals surface area contributed by atoms with Crippen molar-refractivity contribution < 1.29 is 18.3 Å². The summed E-state index contributed by atoms with van der Waals surface area (Å²) in [5, 5.41) is 9.53. The van der Waals surface area contributed by atoms with Gasteiger partial charge in [0.15, 0.2) is 0 Å². The molecule has 5 nitrogen and oxygen atoms in total. The Hall–Kier alpha value is -2.15. The second kappa shape index (κ2) is 7.23. The number of hydrogen-bond acceptors (Lipinski definition) is 3. The van der Waals surface area contributed by atoms with E-state index in [2.05, 4.69) is 11.3 Å². The minimum atomic E-state index is -3.59. The van der Waals surface area contributed by atoms with Gasteiger partial charge in [-0.1, -0.05) is 36.4 Å². The van der Waals surface area contributed by atoms with E-state index < -0.39 is 16.0 Å². The number of rotatable bonds is 6. The zero-order valence-corrected chi connectivity index (χ0v) is 15.5. The van der Waals surface area contributed by atoms with Gasteiger partial charge in [-0.05, 0) is 59.7 Å². The summed E-state index contributed by atoms with van der Waals surface area (Å²) in [5.41, 5.74) is 2.79. The molecule has 26 heavy (non-hydrogen) atoms. The summed E-state index contributed by atoms with van der Waals surface area (Å²) in [7, 11) is -3.59. The fourth-order valence-electron chi connectivity index (χ4n) is 3.09. The van der Waals surface area contributed by atoms with Crippen molar-refractivity contribution in [3.05, 3.63) is 70.8 Å². The Labute approximate surface area is 157 Å². The van der Waals surface area contributed by atoms with Crippen molar-refractivity contribution in [3.8, 4) is 0 Å². The summed E-state index contributed by atoms with van der Waals surface area (Å²) >= 11 is 5.79. The van der Waals surface area contributed by atoms with E-state index in [1.807, 2.05) is 12.1 Å². The fourth-order valence-corrected chi connectivity index (χ4v) is 4.33. The van der Waals surface area contributed by atoms with Crippen molar-refractivity contribution in [2.24, 2.45) is 5.92 Å². The van der Waals surface area contributed by atoms with E-state index in [0.29, 0.717) is 23.6 Å². The van der Waals surface area contributed by atoms with Crippen LogP contribution < -0.4 is 4.72 Å². The summed E-state index contributed by atoms with van der Waals surface area (Å²) in [4.78, 5) is 11.2. The van der Waals surface area contributed by atoms with E-state index in [1.54, 1.807) is 18.2 Å². The molecule has 1 aliphatic carbocycles. The number of aliphatic carboxylic acids is 1. The van der Waals surface area contributed by atoms with Crippen LogP contribution >= 0.6 is 11.6 Å². The molecule has 0 aromatic heterocycles. The second-order valence-corrected chi connectivity index (χ2v) is 8.55. The average molecular weight is 392 g/mol. The maximum atomic E-state index is 12.4. The Morgan fingerprint density at radius 1 is 1.15 bits per heavy atom. The van der Waals surface area contributed by atoms with Gasteiger partial charge in [0.1, 0.15) is 0 Å². The van der Waals surface area contributed by atoms with Crippen LogP contribution in [0.25, 0.3) is 5.57 Å². The molecule has 0 radical (unpaired) electrons. The smallest absolute Gasteiger partial charge is 0.335 e. The Morgan fingerprint density at radius 3 is 2.46 bits per heavy atom. The normalized spacial score (nSPS) is 16.3. The minimum absolute atomic E-state index is 0.0553. The van der Waals surface area contributed by atoms with Gasteiger partial charge in [0.05, 0.1) is 10.5 Å². The van der Waals surface area contributed by atoms with E-state index in [1.165, 1.54) is 12.1 Å². The summed E-state index contributed by atoms with van der Waals surface area (Å²) < 4.78 is 27.4. The molecule has 0 aliphatic heterocycles. The van der Waals surface area contributed by atoms with Gasteiger partial charge in [0.2, 0.25) is 10.0 Å². The highest BCUT2D eigenvalue weighted by Crippen LogP contribution is 2.29. The molecule has 2 aromatic carbocycles. The van der Waals surface area contributed by atoms with E-state index >= 15 is 0 Å². The van der Waals surface area contributed by atoms with Crippen LogP contribution in [0.5, 0.6) is 0 Å². The van der Waals surface area contributed by atoms with Gasteiger partial charge >= 0.3 is 5.97 Å². The third kappa shape index (κ3) is 3.98. The summed E-state index contributed by atoms with van der Waals surface area (Å²) in [5.74, 6) is -0.921. The lowest BCUT2D eigenvalue weighted by Crippen LogP contribution is -2.29. The Morgan fingerprint density at radius 2 is 1.81 bits per heavy atom. The van der Waals surface area contributed by atoms with Crippen LogP contribution in [0.2, 0.25) is 5.02 Å². The van der Waals surface area contributed by atoms with Crippen LogP contribution in [0.1, 0.15) is 16.7 Å². The SMILES string of the molecule is C=C(C(=O)O)c1ccc2c(c1)CC(CNS(=O)(=O)c1ccc(Cl)cc1)C2. The molecule has 3 rings (SSSR count). The Bertz CT molecular complexity index is 968. The number of nitrogens with one attached hydrogen (secondary N) is 1. The molecule has 0 bridgehead atoms. The highest BCUT2D eigenvalue weighted by molar-refractivity contribution is 7.89. The minimum Gasteiger partial charge on any atom is -0.478 e. The highest BCUT2D eigenvalue weighted by Gasteiger charge is 2.24. The van der Waals surface area contributed by atoms with Crippen LogP contribution in [-0.4, -0.2) is 26.0 Å². The number of carboxylic acid groups (broad SMARTS) is 1. The number of hydrogen-bond donors (Lipinski definition) is 2. The van der Waals surface area contributed by atoms with Crippen molar-refractivity contribution >= 4 is 33.2 Å². The lowest BCUT2D eigenvalue weighted by Gasteiger charge is -2.11. The lowest BCUT2D eigenvalue weighted by molar-refractivity contribution is -0.130. The third-order valence-corrected chi connectivity index (χ3v) is 6.21. The van der Waals surface area contributed by atoms with Crippen molar-refractivity contribution in [2.45, 2.75) is 17.7 Å². The van der Waals surface area contributed by atoms with Crippen molar-refractivity contribution in [1.82, 2.24) is 4.72 Å². The van der Waals surface area contributed by atoms with Crippen LogP contribution in [-0.2, 0) is 27.7 Å². The number of benzene rings is 2. The molecule has 2 N–H and O–H groups in total. The molecule has 136 valence electrons. The van der Waals surface area contributed by atoms with Gasteiger partial charge in [0.25, 0.3) is 0 Å². The number of sulfonamides is 1. The zero-order chi connectivity index (χ0) is 18.9. The molecule has 1 unspecified atom stereocenters. The maximum absolute atomic E-state index is 12.4. The Kier molecular flexibility index (Phi) is 5.18. The van der Waals surface area contributed by atoms with Gasteiger partial charge in [0, 0.05) is 11.6 Å². The molecule has 1 aliphatic rings. The molecular formula is C19H18ClNO4S. The molecule has 1 atom stereocenters. The quantitative estimate of drug-likeness (QED) is 0.741. The molecular weight excluding hydrogens is 374 g/mol. The first-order chi connectivity index (χ1) is 12.3. The first-order valence-corrected chi connectivity index (χ1v) is 9.92. The lowest BCUT2D eigenvalue weighted by atomic mass is 10.0. The van der Waals surface area contributed by atoms with Crippen LogP contribution in [0.3, 0.4) is 0 Å². The van der Waals surface area contributed by atoms with Gasteiger partial charge < -0.3 is 5.11 Å². The fraction of sp³-hybridized carbons (Fsp3) is 0.211. The van der Waals surface area contributed by atoms with Crippen molar-refractivity contribution in [2.75, 3.05) is 6.54 Å². The monoisotopic (exact) mass is 391 g/mol. The van der Waals surface area contributed by atoms with Gasteiger partial charge in [-0.2, -0.15) is 0 Å². The summed E-state index contributed by atoms with van der Waals surface area (Å²) in [6.45, 7) is 3.89. The molecule has 0 saturated carbocycles. The molecule has 0 saturated heterocycles. The van der Waals surface area contributed by atoms with Crippen LogP contribution in [0.15, 0.2) is 53.9 Å². The predicted molar refractivity (Wildman–Crippen MR) is 101 cm³/mol. The van der Waals surface area contributed by atoms with E-state index in [-0.39, 0.29) is 16.4 Å². The average Bonchev–Trinajstić information content (AvgIpc) is 3.02. The van der Waals surface area contributed by atoms with Crippen LogP contribution in [0.4, 0.5) is 0 Å². The largest absolute Gasteiger partial charge is 0.478 e. The molecule has 2 aromatic rings. The first-order valence-electron chi connectivity index (χ1n) is 8.06. The number of carbonyl (C=O) groups is 1. The van der Waals surface area contributed by atoms with Crippen LogP contribution in [0, 0.1) is 5.92 Å². The van der Waals surface area contributed by atoms with Gasteiger partial charge in [-0.15, -0.1) is 0 Å². The predicted octanol–water partition coefficient (Wildman–Crippen LogP) is 3.13. The third-order valence-electron chi connectivity index (χ3n) is 4.52. The van der Waals surface area contributed by atoms with E-state index in [9.17, 15) is 13.2 Å². The molecule has 7 heteroatoms. The maximum Gasteiger partial charge on any atom is 0.335 e. The summed E-state index contributed by atoms with van der Waals surface area (Å²) in [6.07, 6.45) is 1.44. The highest BCUT2D eigenvalue weighted by atomic mass is 35.5. The van der Waals surface area contributed by atoms with Crippen molar-refractivity contribution in [1.29, 1.82) is 0 Å². The molecule has 0 amide bonds. The number of fused-ring (bicyclic) bond motifs is 1.